The van der Waals surface area contributed by atoms with Crippen LogP contribution in [0.3, 0.4) is 0 Å². The molecule has 2 aromatic carbocycles. The lowest BCUT2D eigenvalue weighted by Crippen LogP contribution is -2.24. The van der Waals surface area contributed by atoms with Crippen molar-refractivity contribution in [3.63, 3.8) is 0 Å². The van der Waals surface area contributed by atoms with Gasteiger partial charge in [0.15, 0.2) is 0 Å². The highest BCUT2D eigenvalue weighted by Gasteiger charge is 2.18. The van der Waals surface area contributed by atoms with Crippen molar-refractivity contribution in [2.75, 3.05) is 6.54 Å². The van der Waals surface area contributed by atoms with Crippen LogP contribution in [0, 0.1) is 0 Å². The van der Waals surface area contributed by atoms with Crippen LogP contribution in [-0.2, 0) is 6.54 Å². The largest absolute Gasteiger partial charge is 0.370 e. The molecule has 5 heteroatoms. The van der Waals surface area contributed by atoms with Crippen molar-refractivity contribution in [3.05, 3.63) is 59.1 Å². The molecule has 3 aromatic rings. The first-order valence-corrected chi connectivity index (χ1v) is 12.6. The van der Waals surface area contributed by atoms with Crippen molar-refractivity contribution < 1.29 is 0 Å². The van der Waals surface area contributed by atoms with Gasteiger partial charge in [0.1, 0.15) is 5.84 Å². The number of benzene rings is 2. The standard InChI is InChI=1S/C26H33BrN4/c27-23-14-15-24-25-21(23)12-11-13-22(25)26(30-24)29-16-9-7-5-3-1-2-4-6-8-10-18-31-19-17-28-20-31/h11-15,17,19-20H,1-10,16,18H2,(H,29,30). The second-order valence-corrected chi connectivity index (χ2v) is 9.37. The van der Waals surface area contributed by atoms with E-state index in [1.54, 1.807) is 0 Å². The predicted octanol–water partition coefficient (Wildman–Crippen LogP) is 7.38. The Labute approximate surface area is 194 Å². The number of imidazole rings is 1. The fourth-order valence-electron chi connectivity index (χ4n) is 4.42. The molecule has 0 saturated heterocycles. The van der Waals surface area contributed by atoms with Crippen LogP contribution in [0.1, 0.15) is 69.8 Å². The molecule has 4 rings (SSSR count). The van der Waals surface area contributed by atoms with Gasteiger partial charge in [0.25, 0.3) is 0 Å². The second kappa shape index (κ2) is 11.5. The van der Waals surface area contributed by atoms with E-state index < -0.39 is 0 Å². The van der Waals surface area contributed by atoms with E-state index in [1.165, 1.54) is 80.5 Å². The molecule has 0 unspecified atom stereocenters. The maximum atomic E-state index is 4.82. The molecule has 1 aliphatic heterocycles. The Balaban J connectivity index is 1.02. The molecule has 0 fully saturated rings. The summed E-state index contributed by atoms with van der Waals surface area (Å²) in [6, 6.07) is 10.6. The molecule has 0 bridgehead atoms. The minimum Gasteiger partial charge on any atom is -0.370 e. The lowest BCUT2D eigenvalue weighted by molar-refractivity contribution is 0.531. The third kappa shape index (κ3) is 5.97. The van der Waals surface area contributed by atoms with Crippen LogP contribution in [0.15, 0.2) is 58.5 Å². The Morgan fingerprint density at radius 1 is 0.839 bits per heavy atom. The number of hydrogen-bond donors (Lipinski definition) is 1. The van der Waals surface area contributed by atoms with E-state index in [2.05, 4.69) is 67.3 Å². The summed E-state index contributed by atoms with van der Waals surface area (Å²) in [4.78, 5) is 8.91. The predicted molar refractivity (Wildman–Crippen MR) is 134 cm³/mol. The number of aryl methyl sites for hydroxylation is 1. The van der Waals surface area contributed by atoms with Crippen LogP contribution in [0.25, 0.3) is 10.8 Å². The zero-order chi connectivity index (χ0) is 21.3. The lowest BCUT2D eigenvalue weighted by atomic mass is 10.0. The average Bonchev–Trinajstić information content (AvgIpc) is 3.43. The van der Waals surface area contributed by atoms with Gasteiger partial charge in [0.05, 0.1) is 12.0 Å². The Kier molecular flexibility index (Phi) is 8.17. The first-order chi connectivity index (χ1) is 15.3. The van der Waals surface area contributed by atoms with Gasteiger partial charge in [-0.2, -0.15) is 0 Å². The summed E-state index contributed by atoms with van der Waals surface area (Å²) in [5.41, 5.74) is 2.32. The summed E-state index contributed by atoms with van der Waals surface area (Å²) in [7, 11) is 0. The highest BCUT2D eigenvalue weighted by atomic mass is 79.9. The fourth-order valence-corrected chi connectivity index (χ4v) is 4.88. The Morgan fingerprint density at radius 2 is 1.58 bits per heavy atom. The molecule has 1 N–H and O–H groups in total. The van der Waals surface area contributed by atoms with Gasteiger partial charge >= 0.3 is 0 Å². The number of nitrogens with one attached hydrogen (secondary N) is 1. The van der Waals surface area contributed by atoms with Crippen molar-refractivity contribution >= 4 is 38.2 Å². The zero-order valence-electron chi connectivity index (χ0n) is 18.3. The smallest absolute Gasteiger partial charge is 0.134 e. The van der Waals surface area contributed by atoms with Gasteiger partial charge < -0.3 is 9.88 Å². The van der Waals surface area contributed by atoms with E-state index in [-0.39, 0.29) is 0 Å². The third-order valence-electron chi connectivity index (χ3n) is 6.15. The number of unbranched alkanes of at least 4 members (excludes halogenated alkanes) is 9. The van der Waals surface area contributed by atoms with Gasteiger partial charge in [0, 0.05) is 40.9 Å². The van der Waals surface area contributed by atoms with Crippen LogP contribution in [0.4, 0.5) is 5.69 Å². The third-order valence-corrected chi connectivity index (χ3v) is 6.84. The summed E-state index contributed by atoms with van der Waals surface area (Å²) in [6.07, 6.45) is 19.2. The normalized spacial score (nSPS) is 12.5. The molecule has 0 aliphatic carbocycles. The number of aromatic nitrogens is 2. The topological polar surface area (TPSA) is 42.2 Å². The van der Waals surface area contributed by atoms with Crippen molar-refractivity contribution in [1.29, 1.82) is 0 Å². The average molecular weight is 481 g/mol. The van der Waals surface area contributed by atoms with Gasteiger partial charge in [-0.3, -0.25) is 0 Å². The summed E-state index contributed by atoms with van der Waals surface area (Å²) < 4.78 is 3.31. The van der Waals surface area contributed by atoms with E-state index in [0.717, 1.165) is 29.1 Å². The van der Waals surface area contributed by atoms with E-state index in [4.69, 9.17) is 4.99 Å². The fraction of sp³-hybridized carbons (Fsp3) is 0.462. The number of halogens is 1. The SMILES string of the molecule is Brc1ccc2c3c(cccc13)C(NCCCCCCCCCCCCn1ccnc1)=N2. The van der Waals surface area contributed by atoms with E-state index in [9.17, 15) is 0 Å². The Bertz CT molecular complexity index is 994. The van der Waals surface area contributed by atoms with Gasteiger partial charge in [0.2, 0.25) is 0 Å². The number of hydrogen-bond acceptors (Lipinski definition) is 3. The molecule has 1 aromatic heterocycles. The summed E-state index contributed by atoms with van der Waals surface area (Å²) in [6.45, 7) is 2.11. The number of nitrogens with zero attached hydrogens (tertiary/aromatic N) is 3. The zero-order valence-corrected chi connectivity index (χ0v) is 19.9. The van der Waals surface area contributed by atoms with Crippen LogP contribution >= 0.6 is 15.9 Å². The van der Waals surface area contributed by atoms with Crippen LogP contribution < -0.4 is 5.32 Å². The molecule has 0 radical (unpaired) electrons. The minimum absolute atomic E-state index is 1.00. The van der Waals surface area contributed by atoms with Crippen LogP contribution in [0.2, 0.25) is 0 Å². The monoisotopic (exact) mass is 480 g/mol. The van der Waals surface area contributed by atoms with Crippen LogP contribution in [-0.4, -0.2) is 21.9 Å². The van der Waals surface area contributed by atoms with Crippen molar-refractivity contribution in [3.8, 4) is 0 Å². The molecule has 4 nitrogen and oxygen atoms in total. The maximum absolute atomic E-state index is 4.82. The molecule has 164 valence electrons. The van der Waals surface area contributed by atoms with Crippen LogP contribution in [0.5, 0.6) is 0 Å². The number of amidine groups is 1. The molecule has 0 atom stereocenters. The minimum atomic E-state index is 1.00. The summed E-state index contributed by atoms with van der Waals surface area (Å²) in [5.74, 6) is 1.03. The first-order valence-electron chi connectivity index (χ1n) is 11.8. The number of rotatable bonds is 13. The maximum Gasteiger partial charge on any atom is 0.134 e. The summed E-state index contributed by atoms with van der Waals surface area (Å²) >= 11 is 3.66. The molecular formula is C26H33BrN4. The highest BCUT2D eigenvalue weighted by molar-refractivity contribution is 9.10. The molecule has 0 spiro atoms. The lowest BCUT2D eigenvalue weighted by Gasteiger charge is -2.08. The molecule has 2 heterocycles. The van der Waals surface area contributed by atoms with Crippen molar-refractivity contribution in [2.24, 2.45) is 4.99 Å². The first kappa shape index (κ1) is 22.1. The highest BCUT2D eigenvalue weighted by Crippen LogP contribution is 2.38. The van der Waals surface area contributed by atoms with Gasteiger partial charge in [-0.25, -0.2) is 9.98 Å². The van der Waals surface area contributed by atoms with Gasteiger partial charge in [-0.05, 0) is 30.4 Å². The molecule has 0 amide bonds. The van der Waals surface area contributed by atoms with E-state index in [0.29, 0.717) is 0 Å². The van der Waals surface area contributed by atoms with E-state index in [1.807, 2.05) is 12.5 Å². The second-order valence-electron chi connectivity index (χ2n) is 8.52. The molecule has 31 heavy (non-hydrogen) atoms. The van der Waals surface area contributed by atoms with Crippen molar-refractivity contribution in [1.82, 2.24) is 14.9 Å². The molecule has 1 aliphatic rings. The van der Waals surface area contributed by atoms with Crippen molar-refractivity contribution in [2.45, 2.75) is 70.8 Å². The van der Waals surface area contributed by atoms with Gasteiger partial charge in [-0.1, -0.05) is 85.5 Å². The number of aliphatic imine (C=N–C) groups is 1. The molecular weight excluding hydrogens is 448 g/mol. The van der Waals surface area contributed by atoms with Gasteiger partial charge in [-0.15, -0.1) is 0 Å². The molecule has 0 saturated carbocycles. The van der Waals surface area contributed by atoms with E-state index >= 15 is 0 Å². The summed E-state index contributed by atoms with van der Waals surface area (Å²) in [5, 5.41) is 6.09. The quantitative estimate of drug-likeness (QED) is 0.259. The Morgan fingerprint density at radius 3 is 2.32 bits per heavy atom. The Hall–Kier alpha value is -2.14.